The average molecular weight is 280 g/mol. The van der Waals surface area contributed by atoms with Crippen LogP contribution in [-0.2, 0) is 11.2 Å². The van der Waals surface area contributed by atoms with Crippen molar-refractivity contribution in [3.63, 3.8) is 0 Å². The van der Waals surface area contributed by atoms with E-state index >= 15 is 0 Å². The van der Waals surface area contributed by atoms with E-state index in [0.717, 1.165) is 44.5 Å². The minimum absolute atomic E-state index is 0.0511. The summed E-state index contributed by atoms with van der Waals surface area (Å²) in [5.74, 6) is 2.20. The predicted molar refractivity (Wildman–Crippen MR) is 74.4 cm³/mol. The molecule has 1 aliphatic carbocycles. The highest BCUT2D eigenvalue weighted by Crippen LogP contribution is 2.34. The van der Waals surface area contributed by atoms with E-state index in [4.69, 9.17) is 9.26 Å². The van der Waals surface area contributed by atoms with Gasteiger partial charge in [0.2, 0.25) is 11.7 Å². The van der Waals surface area contributed by atoms with Crippen molar-refractivity contribution in [2.45, 2.75) is 38.3 Å². The van der Waals surface area contributed by atoms with Gasteiger partial charge in [0.05, 0.1) is 6.61 Å². The summed E-state index contributed by atoms with van der Waals surface area (Å²) in [6.07, 6.45) is 3.41. The van der Waals surface area contributed by atoms with Crippen molar-refractivity contribution in [1.82, 2.24) is 20.4 Å². The number of morpholine rings is 1. The molecule has 1 aliphatic heterocycles. The molecule has 3 rings (SSSR count). The van der Waals surface area contributed by atoms with Crippen LogP contribution in [0.5, 0.6) is 0 Å². The number of aromatic nitrogens is 2. The molecule has 6 heteroatoms. The lowest BCUT2D eigenvalue weighted by atomic mass is 10.1. The van der Waals surface area contributed by atoms with Crippen LogP contribution in [0.15, 0.2) is 4.52 Å². The second kappa shape index (κ2) is 6.20. The zero-order valence-electron chi connectivity index (χ0n) is 12.3. The van der Waals surface area contributed by atoms with Crippen molar-refractivity contribution in [3.8, 4) is 0 Å². The highest BCUT2D eigenvalue weighted by molar-refractivity contribution is 4.98. The molecule has 0 bridgehead atoms. The smallest absolute Gasteiger partial charge is 0.228 e. The molecule has 2 unspecified atom stereocenters. The number of hydrogen-bond acceptors (Lipinski definition) is 6. The molecule has 0 aromatic carbocycles. The summed E-state index contributed by atoms with van der Waals surface area (Å²) in [4.78, 5) is 6.76. The Morgan fingerprint density at radius 1 is 1.45 bits per heavy atom. The second-order valence-corrected chi connectivity index (χ2v) is 5.87. The van der Waals surface area contributed by atoms with Gasteiger partial charge in [0.15, 0.2) is 0 Å². The largest absolute Gasteiger partial charge is 0.367 e. The molecule has 2 aliphatic rings. The molecule has 1 aromatic rings. The fourth-order valence-corrected chi connectivity index (χ4v) is 2.77. The van der Waals surface area contributed by atoms with Gasteiger partial charge < -0.3 is 19.5 Å². The minimum atomic E-state index is -0.0511. The molecule has 1 aromatic heterocycles. The maximum atomic E-state index is 5.72. The van der Waals surface area contributed by atoms with Crippen molar-refractivity contribution in [1.29, 1.82) is 0 Å². The first-order valence-electron chi connectivity index (χ1n) is 7.62. The molecule has 20 heavy (non-hydrogen) atoms. The third-order valence-corrected chi connectivity index (χ3v) is 4.09. The lowest BCUT2D eigenvalue weighted by Crippen LogP contribution is -2.35. The number of hydrogen-bond donors (Lipinski definition) is 1. The molecule has 0 radical (unpaired) electrons. The van der Waals surface area contributed by atoms with Gasteiger partial charge in [-0.25, -0.2) is 0 Å². The van der Waals surface area contributed by atoms with Gasteiger partial charge in [0, 0.05) is 25.6 Å². The molecule has 6 nitrogen and oxygen atoms in total. The molecule has 0 amide bonds. The topological polar surface area (TPSA) is 63.4 Å². The standard InChI is InChI=1S/C14H24N4O2/c1-3-15-11(10-4-5-10)8-13-16-14(17-20-13)12-9-18(2)6-7-19-12/h10-12,15H,3-9H2,1-2H3. The van der Waals surface area contributed by atoms with E-state index < -0.39 is 0 Å². The molecular formula is C14H24N4O2. The lowest BCUT2D eigenvalue weighted by molar-refractivity contribution is -0.0264. The van der Waals surface area contributed by atoms with Crippen LogP contribution >= 0.6 is 0 Å². The Kier molecular flexibility index (Phi) is 4.33. The van der Waals surface area contributed by atoms with E-state index in [1.54, 1.807) is 0 Å². The van der Waals surface area contributed by atoms with Crippen molar-refractivity contribution in [3.05, 3.63) is 11.7 Å². The SMILES string of the molecule is CCNC(Cc1nc(C2CN(C)CCO2)no1)C1CC1. The van der Waals surface area contributed by atoms with Crippen LogP contribution in [0.1, 0.15) is 37.6 Å². The van der Waals surface area contributed by atoms with Gasteiger partial charge in [-0.05, 0) is 32.4 Å². The van der Waals surface area contributed by atoms with Crippen molar-refractivity contribution >= 4 is 0 Å². The summed E-state index contributed by atoms with van der Waals surface area (Å²) in [5.41, 5.74) is 0. The quantitative estimate of drug-likeness (QED) is 0.839. The van der Waals surface area contributed by atoms with Gasteiger partial charge in [0.1, 0.15) is 6.10 Å². The molecule has 1 N–H and O–H groups in total. The zero-order valence-corrected chi connectivity index (χ0v) is 12.3. The molecule has 2 atom stereocenters. The zero-order chi connectivity index (χ0) is 13.9. The highest BCUT2D eigenvalue weighted by Gasteiger charge is 2.32. The summed E-state index contributed by atoms with van der Waals surface area (Å²) in [6, 6.07) is 0.475. The minimum Gasteiger partial charge on any atom is -0.367 e. The van der Waals surface area contributed by atoms with Gasteiger partial charge in [-0.15, -0.1) is 0 Å². The molecule has 0 spiro atoms. The van der Waals surface area contributed by atoms with Gasteiger partial charge >= 0.3 is 0 Å². The predicted octanol–water partition coefficient (Wildman–Crippen LogP) is 1.00. The normalized spacial score (nSPS) is 25.8. The maximum absolute atomic E-state index is 5.72. The van der Waals surface area contributed by atoms with Gasteiger partial charge in [-0.3, -0.25) is 0 Å². The van der Waals surface area contributed by atoms with E-state index in [1.807, 2.05) is 0 Å². The van der Waals surface area contributed by atoms with Crippen LogP contribution in [0, 0.1) is 5.92 Å². The van der Waals surface area contributed by atoms with E-state index in [1.165, 1.54) is 12.8 Å². The fraction of sp³-hybridized carbons (Fsp3) is 0.857. The molecule has 112 valence electrons. The van der Waals surface area contributed by atoms with Crippen molar-refractivity contribution < 1.29 is 9.26 Å². The van der Waals surface area contributed by atoms with Gasteiger partial charge in [-0.2, -0.15) is 4.98 Å². The Bertz CT molecular complexity index is 433. The Morgan fingerprint density at radius 3 is 3.00 bits per heavy atom. The molecular weight excluding hydrogens is 256 g/mol. The third-order valence-electron chi connectivity index (χ3n) is 4.09. The summed E-state index contributed by atoms with van der Waals surface area (Å²) in [6.45, 7) is 5.65. The summed E-state index contributed by atoms with van der Waals surface area (Å²) >= 11 is 0. The molecule has 1 saturated carbocycles. The lowest BCUT2D eigenvalue weighted by Gasteiger charge is -2.27. The van der Waals surface area contributed by atoms with E-state index in [0.29, 0.717) is 11.9 Å². The van der Waals surface area contributed by atoms with Gasteiger partial charge in [-0.1, -0.05) is 12.1 Å². The first-order chi connectivity index (χ1) is 9.76. The van der Waals surface area contributed by atoms with E-state index in [2.05, 4.69) is 34.3 Å². The summed E-state index contributed by atoms with van der Waals surface area (Å²) < 4.78 is 11.1. The first kappa shape index (κ1) is 14.0. The van der Waals surface area contributed by atoms with Crippen LogP contribution in [0.3, 0.4) is 0 Å². The number of likely N-dealkylation sites (N-methyl/N-ethyl adjacent to an activating group) is 2. The first-order valence-corrected chi connectivity index (χ1v) is 7.62. The van der Waals surface area contributed by atoms with E-state index in [-0.39, 0.29) is 6.10 Å². The fourth-order valence-electron chi connectivity index (χ4n) is 2.77. The van der Waals surface area contributed by atoms with Crippen LogP contribution in [0.2, 0.25) is 0 Å². The Balaban J connectivity index is 1.60. The van der Waals surface area contributed by atoms with Crippen LogP contribution in [0.25, 0.3) is 0 Å². The van der Waals surface area contributed by atoms with Crippen LogP contribution in [-0.4, -0.2) is 54.4 Å². The Labute approximate surface area is 119 Å². The van der Waals surface area contributed by atoms with Crippen LogP contribution in [0.4, 0.5) is 0 Å². The number of rotatable bonds is 6. The summed E-state index contributed by atoms with van der Waals surface area (Å²) in [5, 5.41) is 7.62. The molecule has 1 saturated heterocycles. The van der Waals surface area contributed by atoms with Gasteiger partial charge in [0.25, 0.3) is 0 Å². The van der Waals surface area contributed by atoms with Crippen molar-refractivity contribution in [2.24, 2.45) is 5.92 Å². The third kappa shape index (κ3) is 3.37. The van der Waals surface area contributed by atoms with Crippen molar-refractivity contribution in [2.75, 3.05) is 33.3 Å². The molecule has 2 fully saturated rings. The van der Waals surface area contributed by atoms with E-state index in [9.17, 15) is 0 Å². The van der Waals surface area contributed by atoms with Crippen LogP contribution < -0.4 is 5.32 Å². The maximum Gasteiger partial charge on any atom is 0.228 e. The molecule has 2 heterocycles. The monoisotopic (exact) mass is 280 g/mol. The number of ether oxygens (including phenoxy) is 1. The number of nitrogens with zero attached hydrogens (tertiary/aromatic N) is 3. The Hall–Kier alpha value is -0.980. The highest BCUT2D eigenvalue weighted by atomic mass is 16.5. The average Bonchev–Trinajstić information content (AvgIpc) is 3.18. The Morgan fingerprint density at radius 2 is 2.30 bits per heavy atom. The summed E-state index contributed by atoms with van der Waals surface area (Å²) in [7, 11) is 2.09. The second-order valence-electron chi connectivity index (χ2n) is 5.87. The number of nitrogens with one attached hydrogen (secondary N) is 1.